The zero-order valence-electron chi connectivity index (χ0n) is 18.0. The van der Waals surface area contributed by atoms with E-state index in [1.165, 1.54) is 42.6 Å². The van der Waals surface area contributed by atoms with Crippen molar-refractivity contribution in [2.75, 3.05) is 23.4 Å². The van der Waals surface area contributed by atoms with E-state index in [4.69, 9.17) is 5.73 Å². The zero-order chi connectivity index (χ0) is 21.4. The summed E-state index contributed by atoms with van der Waals surface area (Å²) in [6.45, 7) is 1.51. The molecule has 0 spiro atoms. The maximum Gasteiger partial charge on any atom is 0.224 e. The van der Waals surface area contributed by atoms with Crippen LogP contribution in [0.2, 0.25) is 0 Å². The second-order valence-corrected chi connectivity index (χ2v) is 10.5. The molecule has 4 bridgehead atoms. The summed E-state index contributed by atoms with van der Waals surface area (Å²) in [6.07, 6.45) is 10.0. The van der Waals surface area contributed by atoms with E-state index in [9.17, 15) is 5.26 Å². The van der Waals surface area contributed by atoms with Crippen molar-refractivity contribution in [3.05, 3.63) is 41.6 Å². The Kier molecular flexibility index (Phi) is 5.53. The molecule has 0 radical (unpaired) electrons. The Labute approximate surface area is 188 Å². The third kappa shape index (κ3) is 3.99. The third-order valence-electron chi connectivity index (χ3n) is 7.64. The van der Waals surface area contributed by atoms with Crippen LogP contribution < -0.4 is 16.4 Å². The second-order valence-electron chi connectivity index (χ2n) is 9.63. The van der Waals surface area contributed by atoms with Gasteiger partial charge < -0.3 is 16.4 Å². The maximum absolute atomic E-state index is 9.57. The second kappa shape index (κ2) is 8.33. The molecule has 4 N–H and O–H groups in total. The van der Waals surface area contributed by atoms with Crippen molar-refractivity contribution in [2.24, 2.45) is 28.9 Å². The molecule has 2 unspecified atom stereocenters. The average molecular weight is 435 g/mol. The number of aromatic nitrogens is 2. The van der Waals surface area contributed by atoms with Crippen LogP contribution in [0.5, 0.6) is 0 Å². The van der Waals surface area contributed by atoms with Crippen molar-refractivity contribution in [1.29, 1.82) is 5.26 Å². The highest BCUT2D eigenvalue weighted by Crippen LogP contribution is 2.59. The van der Waals surface area contributed by atoms with Crippen LogP contribution in [0, 0.1) is 34.5 Å². The van der Waals surface area contributed by atoms with E-state index >= 15 is 0 Å². The Morgan fingerprint density at radius 2 is 1.97 bits per heavy atom. The first kappa shape index (κ1) is 20.6. The first-order chi connectivity index (χ1) is 15.1. The molecule has 4 aliphatic rings. The molecule has 4 fully saturated rings. The van der Waals surface area contributed by atoms with Crippen LogP contribution in [-0.4, -0.2) is 28.8 Å². The highest BCUT2D eigenvalue weighted by Gasteiger charge is 2.54. The van der Waals surface area contributed by atoms with Crippen molar-refractivity contribution in [3.8, 4) is 6.07 Å². The van der Waals surface area contributed by atoms with Crippen LogP contribution in [0.25, 0.3) is 0 Å². The van der Waals surface area contributed by atoms with Gasteiger partial charge in [0.25, 0.3) is 0 Å². The van der Waals surface area contributed by atoms with Crippen LogP contribution in [0.1, 0.15) is 43.2 Å². The molecule has 1 aromatic heterocycles. The minimum atomic E-state index is 0.301. The minimum Gasteiger partial charge on any atom is -0.368 e. The number of nitrogens with zero attached hydrogens (tertiary/aromatic N) is 3. The highest BCUT2D eigenvalue weighted by molar-refractivity contribution is 7.98. The van der Waals surface area contributed by atoms with Gasteiger partial charge in [-0.05, 0) is 73.2 Å². The molecule has 162 valence electrons. The molecular weight excluding hydrogens is 404 g/mol. The fourth-order valence-corrected chi connectivity index (χ4v) is 7.04. The molecule has 5 atom stereocenters. The summed E-state index contributed by atoms with van der Waals surface area (Å²) >= 11 is 1.73. The molecular formula is C24H30N6S. The number of nitriles is 1. The van der Waals surface area contributed by atoms with E-state index in [-0.39, 0.29) is 0 Å². The van der Waals surface area contributed by atoms with Gasteiger partial charge in [0.05, 0.1) is 6.20 Å². The van der Waals surface area contributed by atoms with Crippen LogP contribution in [0.4, 0.5) is 11.8 Å². The first-order valence-corrected chi connectivity index (χ1v) is 12.4. The van der Waals surface area contributed by atoms with Gasteiger partial charge in [0, 0.05) is 24.0 Å². The number of hydrogen-bond acceptors (Lipinski definition) is 7. The van der Waals surface area contributed by atoms with Gasteiger partial charge in [0.15, 0.2) is 0 Å². The number of benzene rings is 1. The molecule has 6 rings (SSSR count). The minimum absolute atomic E-state index is 0.301. The zero-order valence-corrected chi connectivity index (χ0v) is 18.8. The molecule has 1 heterocycles. The summed E-state index contributed by atoms with van der Waals surface area (Å²) in [5.41, 5.74) is 8.51. The Morgan fingerprint density at radius 1 is 1.19 bits per heavy atom. The topological polar surface area (TPSA) is 99.7 Å². The summed E-state index contributed by atoms with van der Waals surface area (Å²) in [5.74, 6) is 3.35. The number of thioether (sulfide) groups is 1. The molecule has 0 saturated heterocycles. The van der Waals surface area contributed by atoms with Gasteiger partial charge in [-0.25, -0.2) is 4.98 Å². The van der Waals surface area contributed by atoms with Crippen LogP contribution in [0.15, 0.2) is 35.4 Å². The predicted octanol–water partition coefficient (Wildman–Crippen LogP) is 4.25. The van der Waals surface area contributed by atoms with E-state index in [1.807, 2.05) is 12.1 Å². The smallest absolute Gasteiger partial charge is 0.224 e. The Morgan fingerprint density at radius 3 is 2.71 bits per heavy atom. The molecule has 7 heteroatoms. The predicted molar refractivity (Wildman–Crippen MR) is 125 cm³/mol. The number of rotatable bonds is 7. The van der Waals surface area contributed by atoms with Crippen LogP contribution in [0.3, 0.4) is 0 Å². The molecule has 31 heavy (non-hydrogen) atoms. The van der Waals surface area contributed by atoms with Crippen molar-refractivity contribution in [3.63, 3.8) is 0 Å². The first-order valence-electron chi connectivity index (χ1n) is 11.2. The van der Waals surface area contributed by atoms with Gasteiger partial charge in [-0.1, -0.05) is 18.2 Å². The van der Waals surface area contributed by atoms with Gasteiger partial charge in [0.2, 0.25) is 5.95 Å². The number of nitrogens with one attached hydrogen (secondary N) is 2. The van der Waals surface area contributed by atoms with Crippen molar-refractivity contribution >= 4 is 23.5 Å². The van der Waals surface area contributed by atoms with Gasteiger partial charge in [0.1, 0.15) is 17.5 Å². The van der Waals surface area contributed by atoms with Gasteiger partial charge in [-0.2, -0.15) is 10.2 Å². The summed E-state index contributed by atoms with van der Waals surface area (Å²) in [4.78, 5) is 10.3. The molecule has 0 aliphatic heterocycles. The third-order valence-corrected chi connectivity index (χ3v) is 8.48. The maximum atomic E-state index is 9.57. The molecule has 4 saturated carbocycles. The lowest BCUT2D eigenvalue weighted by Gasteiger charge is -2.59. The van der Waals surface area contributed by atoms with Crippen molar-refractivity contribution in [1.82, 2.24) is 9.97 Å². The summed E-state index contributed by atoms with van der Waals surface area (Å²) < 4.78 is 0. The quantitative estimate of drug-likeness (QED) is 0.560. The van der Waals surface area contributed by atoms with Gasteiger partial charge in [-0.3, -0.25) is 0 Å². The van der Waals surface area contributed by atoms with Crippen molar-refractivity contribution in [2.45, 2.75) is 49.6 Å². The van der Waals surface area contributed by atoms with E-state index in [0.29, 0.717) is 47.2 Å². The Balaban J connectivity index is 1.29. The normalized spacial score (nSPS) is 30.7. The molecule has 0 amide bonds. The summed E-state index contributed by atoms with van der Waals surface area (Å²) in [5, 5.41) is 16.4. The van der Waals surface area contributed by atoms with Gasteiger partial charge >= 0.3 is 0 Å². The molecule has 6 nitrogen and oxygen atoms in total. The average Bonchev–Trinajstić information content (AvgIpc) is 2.79. The van der Waals surface area contributed by atoms with Crippen LogP contribution >= 0.6 is 11.8 Å². The summed E-state index contributed by atoms with van der Waals surface area (Å²) in [6, 6.07) is 10.9. The lowest BCUT2D eigenvalue weighted by atomic mass is 9.48. The Hall–Kier alpha value is -2.30. The van der Waals surface area contributed by atoms with Crippen LogP contribution in [-0.2, 0) is 6.54 Å². The fraction of sp³-hybridized carbons (Fsp3) is 0.542. The van der Waals surface area contributed by atoms with Gasteiger partial charge in [-0.15, -0.1) is 11.8 Å². The molecule has 4 aliphatic carbocycles. The lowest BCUT2D eigenvalue weighted by molar-refractivity contribution is -0.0591. The fourth-order valence-electron chi connectivity index (χ4n) is 6.43. The standard InChI is InChI=1S/C24H30N6S/c1-31-20-5-3-2-4-16(20)12-27-23-28-13-19(11-25)22(30-23)29-14-24-8-15-6-17(9-24)21(26)18(7-15)10-24/h2-5,13,15,17-18,21H,6-10,12,14,26H2,1H3,(H2,27,28,29,30)/t15?,17-,18+,21+,24?. The number of anilines is 2. The van der Waals surface area contributed by atoms with Crippen molar-refractivity contribution < 1.29 is 0 Å². The SMILES string of the molecule is CSc1ccccc1CNc1ncc(C#N)c(NCC23CC4C[C@H](C2)[C@H](N)[C@@H](C4)C3)n1. The van der Waals surface area contributed by atoms with E-state index in [1.54, 1.807) is 18.0 Å². The van der Waals surface area contributed by atoms with E-state index in [0.717, 1.165) is 12.5 Å². The molecule has 2 aromatic rings. The number of hydrogen-bond donors (Lipinski definition) is 3. The number of nitrogens with two attached hydrogens (primary N) is 1. The van der Waals surface area contributed by atoms with E-state index in [2.05, 4.69) is 45.1 Å². The highest BCUT2D eigenvalue weighted by atomic mass is 32.2. The Bertz CT molecular complexity index is 986. The van der Waals surface area contributed by atoms with E-state index < -0.39 is 0 Å². The molecule has 1 aromatic carbocycles. The lowest BCUT2D eigenvalue weighted by Crippen LogP contribution is -2.58. The largest absolute Gasteiger partial charge is 0.368 e. The summed E-state index contributed by atoms with van der Waals surface area (Å²) in [7, 11) is 0. The monoisotopic (exact) mass is 434 g/mol.